The number of aromatic nitrogens is 1. The Morgan fingerprint density at radius 2 is 1.56 bits per heavy atom. The summed E-state index contributed by atoms with van der Waals surface area (Å²) in [6.45, 7) is 7.10. The maximum atomic E-state index is 12.4. The first-order valence-corrected chi connectivity index (χ1v) is 11.3. The summed E-state index contributed by atoms with van der Waals surface area (Å²) in [7, 11) is 0. The maximum absolute atomic E-state index is 12.4. The van der Waals surface area contributed by atoms with Gasteiger partial charge in [-0.2, -0.15) is 0 Å². The van der Waals surface area contributed by atoms with Crippen molar-refractivity contribution in [2.24, 2.45) is 5.92 Å². The van der Waals surface area contributed by atoms with Crippen molar-refractivity contribution < 1.29 is 0 Å². The molecule has 0 radical (unpaired) electrons. The standard InChI is InChI=1S/C20H33N3OS/c24-20-23(18-7-3-4-8-19(18)25-20)16-22-13-9-17(10-14-22)15-21-11-5-1-2-6-12-21/h17H,1-16H2. The second-order valence-electron chi connectivity index (χ2n) is 8.29. The van der Waals surface area contributed by atoms with Gasteiger partial charge < -0.3 is 4.90 Å². The van der Waals surface area contributed by atoms with E-state index in [4.69, 9.17) is 0 Å². The molecule has 0 N–H and O–H groups in total. The molecule has 0 bridgehead atoms. The molecule has 0 aromatic carbocycles. The molecule has 2 aliphatic heterocycles. The molecule has 3 aliphatic rings. The number of hydrogen-bond acceptors (Lipinski definition) is 4. The van der Waals surface area contributed by atoms with Crippen LogP contribution in [0.4, 0.5) is 0 Å². The van der Waals surface area contributed by atoms with Gasteiger partial charge in [0.15, 0.2) is 0 Å². The summed E-state index contributed by atoms with van der Waals surface area (Å²) < 4.78 is 2.09. The highest BCUT2D eigenvalue weighted by Gasteiger charge is 2.24. The van der Waals surface area contributed by atoms with E-state index < -0.39 is 0 Å². The summed E-state index contributed by atoms with van der Waals surface area (Å²) in [5, 5.41) is 0. The summed E-state index contributed by atoms with van der Waals surface area (Å²) in [5.74, 6) is 0.863. The predicted molar refractivity (Wildman–Crippen MR) is 104 cm³/mol. The molecule has 1 aliphatic carbocycles. The zero-order valence-corrected chi connectivity index (χ0v) is 16.4. The summed E-state index contributed by atoms with van der Waals surface area (Å²) in [6, 6.07) is 0. The molecule has 0 saturated carbocycles. The fourth-order valence-electron chi connectivity index (χ4n) is 4.87. The number of likely N-dealkylation sites (tertiary alicyclic amines) is 2. The highest BCUT2D eigenvalue weighted by Crippen LogP contribution is 2.25. The first-order chi connectivity index (χ1) is 12.3. The fraction of sp³-hybridized carbons (Fsp3) is 0.850. The lowest BCUT2D eigenvalue weighted by atomic mass is 9.96. The minimum Gasteiger partial charge on any atom is -0.303 e. The third kappa shape index (κ3) is 4.37. The Hall–Kier alpha value is -0.650. The smallest absolute Gasteiger partial charge is 0.303 e. The van der Waals surface area contributed by atoms with Crippen molar-refractivity contribution >= 4 is 11.3 Å². The van der Waals surface area contributed by atoms with E-state index in [2.05, 4.69) is 14.4 Å². The molecule has 1 aromatic rings. The van der Waals surface area contributed by atoms with Crippen LogP contribution < -0.4 is 4.87 Å². The summed E-state index contributed by atoms with van der Waals surface area (Å²) in [6.07, 6.45) is 13.0. The zero-order valence-electron chi connectivity index (χ0n) is 15.5. The first kappa shape index (κ1) is 17.7. The van der Waals surface area contributed by atoms with Crippen molar-refractivity contribution in [3.63, 3.8) is 0 Å². The Bertz CT molecular complexity index is 607. The van der Waals surface area contributed by atoms with Crippen LogP contribution in [0.3, 0.4) is 0 Å². The van der Waals surface area contributed by atoms with Gasteiger partial charge in [0.2, 0.25) is 0 Å². The lowest BCUT2D eigenvalue weighted by molar-refractivity contribution is 0.119. The van der Waals surface area contributed by atoms with Crippen molar-refractivity contribution in [3.8, 4) is 0 Å². The molecule has 3 heterocycles. The number of piperidine rings is 1. The molecule has 5 heteroatoms. The monoisotopic (exact) mass is 363 g/mol. The van der Waals surface area contributed by atoms with Gasteiger partial charge in [-0.05, 0) is 70.4 Å². The Morgan fingerprint density at radius 3 is 2.32 bits per heavy atom. The van der Waals surface area contributed by atoms with E-state index >= 15 is 0 Å². The van der Waals surface area contributed by atoms with Gasteiger partial charge in [-0.15, -0.1) is 0 Å². The van der Waals surface area contributed by atoms with Crippen LogP contribution in [0, 0.1) is 5.92 Å². The van der Waals surface area contributed by atoms with Gasteiger partial charge in [0.25, 0.3) is 0 Å². The van der Waals surface area contributed by atoms with Crippen molar-refractivity contribution in [2.75, 3.05) is 32.7 Å². The second kappa shape index (κ2) is 8.36. The number of hydrogen-bond donors (Lipinski definition) is 0. The third-order valence-electron chi connectivity index (χ3n) is 6.41. The molecule has 0 amide bonds. The van der Waals surface area contributed by atoms with Crippen LogP contribution in [-0.4, -0.2) is 47.1 Å². The Balaban J connectivity index is 1.29. The van der Waals surface area contributed by atoms with Gasteiger partial charge in [0.05, 0.1) is 6.67 Å². The van der Waals surface area contributed by atoms with E-state index in [1.165, 1.54) is 92.9 Å². The summed E-state index contributed by atoms with van der Waals surface area (Å²) >= 11 is 1.51. The van der Waals surface area contributed by atoms with Crippen LogP contribution in [0.25, 0.3) is 0 Å². The molecular formula is C20H33N3OS. The van der Waals surface area contributed by atoms with Crippen LogP contribution in [0.2, 0.25) is 0 Å². The van der Waals surface area contributed by atoms with E-state index in [9.17, 15) is 4.79 Å². The Morgan fingerprint density at radius 1 is 0.840 bits per heavy atom. The van der Waals surface area contributed by atoms with Crippen LogP contribution in [-0.2, 0) is 19.5 Å². The molecule has 0 spiro atoms. The largest absolute Gasteiger partial charge is 0.308 e. The normalized spacial score (nSPS) is 24.2. The maximum Gasteiger partial charge on any atom is 0.308 e. The summed E-state index contributed by atoms with van der Waals surface area (Å²) in [4.78, 5) is 19.3. The lowest BCUT2D eigenvalue weighted by Crippen LogP contribution is -2.41. The van der Waals surface area contributed by atoms with Gasteiger partial charge in [-0.1, -0.05) is 24.2 Å². The van der Waals surface area contributed by atoms with Crippen LogP contribution in [0.15, 0.2) is 4.79 Å². The van der Waals surface area contributed by atoms with Crippen molar-refractivity contribution in [3.05, 3.63) is 20.2 Å². The predicted octanol–water partition coefficient (Wildman–Crippen LogP) is 3.33. The van der Waals surface area contributed by atoms with Gasteiger partial charge in [0.1, 0.15) is 0 Å². The molecule has 0 atom stereocenters. The molecule has 0 unspecified atom stereocenters. The fourth-order valence-corrected chi connectivity index (χ4v) is 5.93. The minimum atomic E-state index is 0.276. The van der Waals surface area contributed by atoms with E-state index in [1.54, 1.807) is 0 Å². The average Bonchev–Trinajstić information content (AvgIpc) is 2.79. The van der Waals surface area contributed by atoms with E-state index in [-0.39, 0.29) is 4.87 Å². The first-order valence-electron chi connectivity index (χ1n) is 10.5. The molecule has 4 rings (SSSR count). The minimum absolute atomic E-state index is 0.276. The average molecular weight is 364 g/mol. The van der Waals surface area contributed by atoms with Crippen molar-refractivity contribution in [2.45, 2.75) is 70.9 Å². The van der Waals surface area contributed by atoms with E-state index in [0.29, 0.717) is 0 Å². The Labute approximate surface area is 155 Å². The van der Waals surface area contributed by atoms with E-state index in [1.807, 2.05) is 0 Å². The zero-order chi connectivity index (χ0) is 17.1. The molecular weight excluding hydrogens is 330 g/mol. The topological polar surface area (TPSA) is 28.5 Å². The summed E-state index contributed by atoms with van der Waals surface area (Å²) in [5.41, 5.74) is 1.35. The second-order valence-corrected chi connectivity index (χ2v) is 9.34. The molecule has 1 aromatic heterocycles. The number of fused-ring (bicyclic) bond motifs is 1. The van der Waals surface area contributed by atoms with Crippen molar-refractivity contribution in [1.29, 1.82) is 0 Å². The number of thiazole rings is 1. The SMILES string of the molecule is O=c1sc2c(n1CN1CCC(CN3CCCCCC3)CC1)CCCC2. The third-order valence-corrected chi connectivity index (χ3v) is 7.49. The van der Waals surface area contributed by atoms with E-state index in [0.717, 1.165) is 38.5 Å². The van der Waals surface area contributed by atoms with Crippen LogP contribution in [0.1, 0.15) is 61.9 Å². The number of rotatable bonds is 4. The van der Waals surface area contributed by atoms with Gasteiger partial charge >= 0.3 is 4.87 Å². The number of aryl methyl sites for hydroxylation is 1. The molecule has 2 saturated heterocycles. The highest BCUT2D eigenvalue weighted by atomic mass is 32.1. The van der Waals surface area contributed by atoms with Gasteiger partial charge in [-0.3, -0.25) is 14.3 Å². The van der Waals surface area contributed by atoms with Crippen molar-refractivity contribution in [1.82, 2.24) is 14.4 Å². The van der Waals surface area contributed by atoms with Gasteiger partial charge in [0, 0.05) is 30.2 Å². The Kier molecular flexibility index (Phi) is 5.94. The molecule has 4 nitrogen and oxygen atoms in total. The lowest BCUT2D eigenvalue weighted by Gasteiger charge is -2.35. The molecule has 25 heavy (non-hydrogen) atoms. The number of nitrogens with zero attached hydrogens (tertiary/aromatic N) is 3. The highest BCUT2D eigenvalue weighted by molar-refractivity contribution is 7.09. The molecule has 140 valence electrons. The molecule has 2 fully saturated rings. The quantitative estimate of drug-likeness (QED) is 0.821. The van der Waals surface area contributed by atoms with Crippen LogP contribution >= 0.6 is 11.3 Å². The van der Waals surface area contributed by atoms with Crippen LogP contribution in [0.5, 0.6) is 0 Å². The van der Waals surface area contributed by atoms with Gasteiger partial charge in [-0.25, -0.2) is 0 Å².